The van der Waals surface area contributed by atoms with Crippen LogP contribution in [0.25, 0.3) is 0 Å². The molecule has 4 N–H and O–H groups in total. The summed E-state index contributed by atoms with van der Waals surface area (Å²) in [6.45, 7) is 0. The second-order valence-corrected chi connectivity index (χ2v) is 0. The van der Waals surface area contributed by atoms with Crippen molar-refractivity contribution in [1.82, 2.24) is 0 Å². The zero-order valence-electron chi connectivity index (χ0n) is 6.20. The molecule has 0 heterocycles. The molecule has 0 aromatic rings. The average molecular weight is 180 g/mol. The Labute approximate surface area is 66.9 Å². The maximum absolute atomic E-state index is 7.00. The molecule has 0 rings (SSSR count). The topological polar surface area (TPSA) is 80.9 Å². The van der Waals surface area contributed by atoms with Gasteiger partial charge in [-0.1, -0.05) is 0 Å². The molecule has 0 radical (unpaired) electrons. The van der Waals surface area contributed by atoms with E-state index in [-0.39, 0.29) is 17.4 Å². The van der Waals surface area contributed by atoms with Crippen LogP contribution in [0, 0.1) is 0 Å². The largest absolute Gasteiger partial charge is 0.400 e. The Kier molecular flexibility index (Phi) is 12500. The van der Waals surface area contributed by atoms with Gasteiger partial charge in [-0.3, -0.25) is 0 Å². The van der Waals surface area contributed by atoms with E-state index in [1.54, 1.807) is 0 Å². The molecule has 0 saturated heterocycles. The van der Waals surface area contributed by atoms with Crippen LogP contribution in [0.4, 0.5) is 0 Å². The second-order valence-electron chi connectivity index (χ2n) is 0. The van der Waals surface area contributed by atoms with Gasteiger partial charge in [-0.2, -0.15) is 0 Å². The van der Waals surface area contributed by atoms with Crippen molar-refractivity contribution in [2.24, 2.45) is 0 Å². The SMILES string of the molecule is CO.CO.CO.CO.[Cr]. The van der Waals surface area contributed by atoms with Crippen LogP contribution in [-0.4, -0.2) is 48.9 Å². The minimum Gasteiger partial charge on any atom is -0.400 e. The maximum atomic E-state index is 7.00. The van der Waals surface area contributed by atoms with Gasteiger partial charge < -0.3 is 20.4 Å². The van der Waals surface area contributed by atoms with Crippen LogP contribution in [0.2, 0.25) is 0 Å². The van der Waals surface area contributed by atoms with Gasteiger partial charge in [-0.25, -0.2) is 0 Å². The van der Waals surface area contributed by atoms with Gasteiger partial charge in [0.2, 0.25) is 0 Å². The van der Waals surface area contributed by atoms with Gasteiger partial charge in [-0.15, -0.1) is 0 Å². The maximum Gasteiger partial charge on any atom is 0.0319 e. The van der Waals surface area contributed by atoms with Gasteiger partial charge in [-0.05, 0) is 0 Å². The molecule has 0 spiro atoms. The number of hydrogen-bond donors (Lipinski definition) is 4. The molecule has 0 aliphatic heterocycles. The molecule has 0 saturated carbocycles. The summed E-state index contributed by atoms with van der Waals surface area (Å²) in [6.07, 6.45) is 0. The smallest absolute Gasteiger partial charge is 0.0319 e. The molecule has 0 amide bonds. The number of rotatable bonds is 0. The molecule has 0 aliphatic carbocycles. The van der Waals surface area contributed by atoms with E-state index in [9.17, 15) is 0 Å². The first-order valence-corrected chi connectivity index (χ1v) is 1.79. The van der Waals surface area contributed by atoms with Crippen LogP contribution in [0.15, 0.2) is 0 Å². The Bertz CT molecular complexity index is 12.5. The van der Waals surface area contributed by atoms with E-state index in [1.165, 1.54) is 0 Å². The van der Waals surface area contributed by atoms with E-state index in [0.29, 0.717) is 0 Å². The van der Waals surface area contributed by atoms with Gasteiger partial charge in [0.15, 0.2) is 0 Å². The van der Waals surface area contributed by atoms with E-state index < -0.39 is 0 Å². The third kappa shape index (κ3) is 2450. The minimum atomic E-state index is 0. The Morgan fingerprint density at radius 3 is 0.444 bits per heavy atom. The minimum absolute atomic E-state index is 0. The molecule has 62 valence electrons. The molecule has 0 fully saturated rings. The molecule has 0 aromatic heterocycles. The van der Waals surface area contributed by atoms with Crippen LogP contribution >= 0.6 is 0 Å². The van der Waals surface area contributed by atoms with Gasteiger partial charge in [0.1, 0.15) is 0 Å². The van der Waals surface area contributed by atoms with Gasteiger partial charge >= 0.3 is 0 Å². The van der Waals surface area contributed by atoms with Crippen molar-refractivity contribution in [1.29, 1.82) is 0 Å². The second kappa shape index (κ2) is 3280. The predicted molar refractivity (Wildman–Crippen MR) is 32.6 cm³/mol. The fourth-order valence-corrected chi connectivity index (χ4v) is 0. The Morgan fingerprint density at radius 2 is 0.444 bits per heavy atom. The number of aliphatic hydroxyl groups is 4. The van der Waals surface area contributed by atoms with Crippen LogP contribution in [0.1, 0.15) is 0 Å². The summed E-state index contributed by atoms with van der Waals surface area (Å²) in [5, 5.41) is 28.0. The first kappa shape index (κ1) is 34.4. The summed E-state index contributed by atoms with van der Waals surface area (Å²) >= 11 is 0. The molecule has 9 heavy (non-hydrogen) atoms. The van der Waals surface area contributed by atoms with Crippen molar-refractivity contribution in [3.05, 3.63) is 0 Å². The van der Waals surface area contributed by atoms with Crippen molar-refractivity contribution < 1.29 is 37.8 Å². The summed E-state index contributed by atoms with van der Waals surface area (Å²) in [4.78, 5) is 0. The van der Waals surface area contributed by atoms with E-state index >= 15 is 0 Å². The third-order valence-corrected chi connectivity index (χ3v) is 0. The molecular weight excluding hydrogens is 164 g/mol. The zero-order valence-corrected chi connectivity index (χ0v) is 7.47. The molecule has 5 heteroatoms. The van der Waals surface area contributed by atoms with Gasteiger partial charge in [0, 0.05) is 45.8 Å². The van der Waals surface area contributed by atoms with Crippen LogP contribution in [0.5, 0.6) is 0 Å². The predicted octanol–water partition coefficient (Wildman–Crippen LogP) is -1.57. The molecular formula is C4H16CrO4. The average Bonchev–Trinajstić information content (AvgIpc) is 2.03. The van der Waals surface area contributed by atoms with Crippen molar-refractivity contribution in [3.63, 3.8) is 0 Å². The first-order valence-electron chi connectivity index (χ1n) is 1.79. The van der Waals surface area contributed by atoms with Crippen molar-refractivity contribution in [2.45, 2.75) is 0 Å². The van der Waals surface area contributed by atoms with Crippen molar-refractivity contribution >= 4 is 0 Å². The van der Waals surface area contributed by atoms with E-state index in [4.69, 9.17) is 20.4 Å². The van der Waals surface area contributed by atoms with Crippen LogP contribution in [0.3, 0.4) is 0 Å². The molecule has 0 bridgehead atoms. The third-order valence-electron chi connectivity index (χ3n) is 0. The molecule has 0 aromatic carbocycles. The monoisotopic (exact) mass is 180 g/mol. The Balaban J connectivity index is -0.00000000762. The normalized spacial score (nSPS) is 2.67. The van der Waals surface area contributed by atoms with Gasteiger partial charge in [0.05, 0.1) is 0 Å². The molecule has 0 aliphatic rings. The summed E-state index contributed by atoms with van der Waals surface area (Å²) < 4.78 is 0. The Morgan fingerprint density at radius 1 is 0.444 bits per heavy atom. The quantitative estimate of drug-likeness (QED) is 0.363. The van der Waals surface area contributed by atoms with Crippen LogP contribution < -0.4 is 0 Å². The summed E-state index contributed by atoms with van der Waals surface area (Å²) in [6, 6.07) is 0. The Hall–Kier alpha value is 0.372. The first-order chi connectivity index (χ1) is 4.00. The van der Waals surface area contributed by atoms with Crippen molar-refractivity contribution in [2.75, 3.05) is 28.4 Å². The standard InChI is InChI=1S/4CH4O.Cr/c4*1-2;/h4*2H,1H3;. The molecule has 4 nitrogen and oxygen atoms in total. The van der Waals surface area contributed by atoms with Gasteiger partial charge in [0.25, 0.3) is 0 Å². The summed E-state index contributed by atoms with van der Waals surface area (Å²) in [5.74, 6) is 0. The number of aliphatic hydroxyl groups excluding tert-OH is 4. The summed E-state index contributed by atoms with van der Waals surface area (Å²) in [7, 11) is 4.00. The number of hydrogen-bond acceptors (Lipinski definition) is 4. The van der Waals surface area contributed by atoms with Crippen molar-refractivity contribution in [3.8, 4) is 0 Å². The van der Waals surface area contributed by atoms with E-state index in [1.807, 2.05) is 0 Å². The fraction of sp³-hybridized carbons (Fsp3) is 1.00. The molecule has 0 atom stereocenters. The van der Waals surface area contributed by atoms with E-state index in [0.717, 1.165) is 28.4 Å². The molecule has 0 unspecified atom stereocenters. The van der Waals surface area contributed by atoms with E-state index in [2.05, 4.69) is 0 Å². The fourth-order valence-electron chi connectivity index (χ4n) is 0. The zero-order chi connectivity index (χ0) is 8.00. The van der Waals surface area contributed by atoms with Crippen LogP contribution in [-0.2, 0) is 17.4 Å². The summed E-state index contributed by atoms with van der Waals surface area (Å²) in [5.41, 5.74) is 0.